The fourth-order valence-electron chi connectivity index (χ4n) is 2.99. The molecule has 0 bridgehead atoms. The topological polar surface area (TPSA) is 80.3 Å². The van der Waals surface area contributed by atoms with Gasteiger partial charge >= 0.3 is 0 Å². The van der Waals surface area contributed by atoms with Crippen molar-refractivity contribution in [3.05, 3.63) is 53.1 Å². The summed E-state index contributed by atoms with van der Waals surface area (Å²) in [4.78, 5) is 13.8. The summed E-state index contributed by atoms with van der Waals surface area (Å²) in [6.45, 7) is 2.64. The third-order valence-electron chi connectivity index (χ3n) is 4.38. The van der Waals surface area contributed by atoms with E-state index in [9.17, 15) is 4.79 Å². The van der Waals surface area contributed by atoms with Crippen LogP contribution in [0.2, 0.25) is 0 Å². The zero-order valence-corrected chi connectivity index (χ0v) is 14.8. The third-order valence-corrected chi connectivity index (χ3v) is 4.38. The SMILES string of the molecule is COc1ccc(CN2CCOc3cc(C(=O)NO)ccc3C2)c(OC)c1. The molecular weight excluding hydrogens is 336 g/mol. The van der Waals surface area contributed by atoms with Gasteiger partial charge in [0.2, 0.25) is 0 Å². The second-order valence-corrected chi connectivity index (χ2v) is 6.00. The summed E-state index contributed by atoms with van der Waals surface area (Å²) >= 11 is 0. The molecule has 0 radical (unpaired) electrons. The smallest absolute Gasteiger partial charge is 0.274 e. The fraction of sp³-hybridized carbons (Fsp3) is 0.316. The number of benzene rings is 2. The van der Waals surface area contributed by atoms with Gasteiger partial charge in [-0.1, -0.05) is 12.1 Å². The normalized spacial score (nSPS) is 14.0. The van der Waals surface area contributed by atoms with Crippen LogP contribution in [0, 0.1) is 0 Å². The van der Waals surface area contributed by atoms with Crippen LogP contribution in [0.5, 0.6) is 17.2 Å². The van der Waals surface area contributed by atoms with Crippen molar-refractivity contribution in [3.63, 3.8) is 0 Å². The van der Waals surface area contributed by atoms with Gasteiger partial charge < -0.3 is 14.2 Å². The van der Waals surface area contributed by atoms with Gasteiger partial charge in [-0.3, -0.25) is 14.9 Å². The highest BCUT2D eigenvalue weighted by Crippen LogP contribution is 2.29. The van der Waals surface area contributed by atoms with Gasteiger partial charge in [-0.15, -0.1) is 0 Å². The highest BCUT2D eigenvalue weighted by Gasteiger charge is 2.19. The van der Waals surface area contributed by atoms with Crippen molar-refractivity contribution in [1.29, 1.82) is 0 Å². The molecule has 1 aliphatic heterocycles. The minimum Gasteiger partial charge on any atom is -0.497 e. The molecule has 0 aliphatic carbocycles. The third kappa shape index (κ3) is 3.89. The van der Waals surface area contributed by atoms with Crippen LogP contribution in [0.4, 0.5) is 0 Å². The van der Waals surface area contributed by atoms with E-state index in [0.29, 0.717) is 31.0 Å². The first-order chi connectivity index (χ1) is 12.6. The Labute approximate surface area is 152 Å². The Bertz CT molecular complexity index is 793. The molecule has 26 heavy (non-hydrogen) atoms. The maximum absolute atomic E-state index is 11.6. The zero-order valence-electron chi connectivity index (χ0n) is 14.8. The summed E-state index contributed by atoms with van der Waals surface area (Å²) in [6, 6.07) is 11.0. The summed E-state index contributed by atoms with van der Waals surface area (Å²) in [7, 11) is 3.27. The Hall–Kier alpha value is -2.77. The highest BCUT2D eigenvalue weighted by atomic mass is 16.5. The van der Waals surface area contributed by atoms with Crippen LogP contribution in [0.15, 0.2) is 36.4 Å². The number of hydrogen-bond acceptors (Lipinski definition) is 6. The lowest BCUT2D eigenvalue weighted by Gasteiger charge is -2.21. The number of carbonyl (C=O) groups excluding carboxylic acids is 1. The number of ether oxygens (including phenoxy) is 3. The number of nitrogens with one attached hydrogen (secondary N) is 1. The van der Waals surface area contributed by atoms with Gasteiger partial charge in [0, 0.05) is 42.4 Å². The summed E-state index contributed by atoms with van der Waals surface area (Å²) in [5, 5.41) is 8.77. The number of methoxy groups -OCH3 is 2. The molecule has 2 N–H and O–H groups in total. The maximum atomic E-state index is 11.6. The first-order valence-corrected chi connectivity index (χ1v) is 8.28. The summed E-state index contributed by atoms with van der Waals surface area (Å²) in [5.41, 5.74) is 4.05. The Kier molecular flexibility index (Phi) is 5.60. The second-order valence-electron chi connectivity index (χ2n) is 6.00. The average molecular weight is 358 g/mol. The number of rotatable bonds is 5. The maximum Gasteiger partial charge on any atom is 0.274 e. The van der Waals surface area contributed by atoms with Crippen LogP contribution >= 0.6 is 0 Å². The van der Waals surface area contributed by atoms with Gasteiger partial charge in [0.25, 0.3) is 5.91 Å². The van der Waals surface area contributed by atoms with Crippen molar-refractivity contribution >= 4 is 5.91 Å². The highest BCUT2D eigenvalue weighted by molar-refractivity contribution is 5.93. The fourth-order valence-corrected chi connectivity index (χ4v) is 2.99. The first-order valence-electron chi connectivity index (χ1n) is 8.28. The van der Waals surface area contributed by atoms with Crippen molar-refractivity contribution in [2.24, 2.45) is 0 Å². The van der Waals surface area contributed by atoms with Crippen molar-refractivity contribution < 1.29 is 24.2 Å². The molecule has 0 saturated carbocycles. The van der Waals surface area contributed by atoms with Crippen LogP contribution < -0.4 is 19.7 Å². The van der Waals surface area contributed by atoms with Crippen LogP contribution in [-0.2, 0) is 13.1 Å². The van der Waals surface area contributed by atoms with Crippen molar-refractivity contribution in [3.8, 4) is 17.2 Å². The van der Waals surface area contributed by atoms with Gasteiger partial charge in [0.15, 0.2) is 0 Å². The largest absolute Gasteiger partial charge is 0.497 e. The van der Waals surface area contributed by atoms with Crippen molar-refractivity contribution in [2.45, 2.75) is 13.1 Å². The number of carbonyl (C=O) groups is 1. The Morgan fingerprint density at radius 3 is 2.81 bits per heavy atom. The molecule has 1 heterocycles. The average Bonchev–Trinajstić information content (AvgIpc) is 2.88. The van der Waals surface area contributed by atoms with Gasteiger partial charge in [-0.25, -0.2) is 5.48 Å². The standard InChI is InChI=1S/C19H22N2O5/c1-24-16-6-5-14(17(10-16)25-2)11-21-7-8-26-18-9-13(19(22)20-23)3-4-15(18)12-21/h3-6,9-10,23H,7-8,11-12H2,1-2H3,(H,20,22). The minimum atomic E-state index is -0.555. The predicted molar refractivity (Wildman–Crippen MR) is 94.8 cm³/mol. The summed E-state index contributed by atoms with van der Waals surface area (Å²) < 4.78 is 16.5. The van der Waals surface area contributed by atoms with Crippen LogP contribution in [0.1, 0.15) is 21.5 Å². The number of amides is 1. The lowest BCUT2D eigenvalue weighted by atomic mass is 10.1. The number of nitrogens with zero attached hydrogens (tertiary/aromatic N) is 1. The summed E-state index contributed by atoms with van der Waals surface area (Å²) in [6.07, 6.45) is 0. The lowest BCUT2D eigenvalue weighted by Crippen LogP contribution is -2.25. The molecule has 7 nitrogen and oxygen atoms in total. The van der Waals surface area contributed by atoms with E-state index in [2.05, 4.69) is 4.90 Å². The molecule has 0 fully saturated rings. The molecule has 0 spiro atoms. The molecule has 3 rings (SSSR count). The van der Waals surface area contributed by atoms with Gasteiger partial charge in [-0.05, 0) is 18.2 Å². The first kappa shape index (κ1) is 18.0. The Balaban J connectivity index is 1.78. The van der Waals surface area contributed by atoms with Crippen LogP contribution in [0.25, 0.3) is 0 Å². The van der Waals surface area contributed by atoms with Gasteiger partial charge in [-0.2, -0.15) is 0 Å². The van der Waals surface area contributed by atoms with Gasteiger partial charge in [0.1, 0.15) is 23.9 Å². The van der Waals surface area contributed by atoms with E-state index < -0.39 is 5.91 Å². The van der Waals surface area contributed by atoms with Gasteiger partial charge in [0.05, 0.1) is 14.2 Å². The van der Waals surface area contributed by atoms with E-state index in [1.165, 1.54) is 0 Å². The van der Waals surface area contributed by atoms with Crippen LogP contribution in [-0.4, -0.2) is 43.4 Å². The van der Waals surface area contributed by atoms with E-state index in [1.54, 1.807) is 31.8 Å². The Morgan fingerprint density at radius 2 is 2.08 bits per heavy atom. The molecule has 2 aromatic carbocycles. The molecule has 2 aromatic rings. The number of hydrogen-bond donors (Lipinski definition) is 2. The summed E-state index contributed by atoms with van der Waals surface area (Å²) in [5.74, 6) is 1.64. The predicted octanol–water partition coefficient (Wildman–Crippen LogP) is 2.22. The second kappa shape index (κ2) is 8.07. The molecular formula is C19H22N2O5. The molecule has 0 unspecified atom stereocenters. The van der Waals surface area contributed by atoms with E-state index >= 15 is 0 Å². The molecule has 0 atom stereocenters. The quantitative estimate of drug-likeness (QED) is 0.630. The van der Waals surface area contributed by atoms with E-state index in [-0.39, 0.29) is 0 Å². The molecule has 0 saturated heterocycles. The van der Waals surface area contributed by atoms with Crippen molar-refractivity contribution in [1.82, 2.24) is 10.4 Å². The minimum absolute atomic E-state index is 0.358. The van der Waals surface area contributed by atoms with E-state index in [0.717, 1.165) is 29.2 Å². The molecule has 138 valence electrons. The molecule has 7 heteroatoms. The number of hydroxylamine groups is 1. The Morgan fingerprint density at radius 1 is 1.23 bits per heavy atom. The van der Waals surface area contributed by atoms with E-state index in [4.69, 9.17) is 19.4 Å². The van der Waals surface area contributed by atoms with E-state index in [1.807, 2.05) is 24.3 Å². The lowest BCUT2D eigenvalue weighted by molar-refractivity contribution is 0.0706. The molecule has 0 aromatic heterocycles. The van der Waals surface area contributed by atoms with Crippen LogP contribution in [0.3, 0.4) is 0 Å². The monoisotopic (exact) mass is 358 g/mol. The zero-order chi connectivity index (χ0) is 18.5. The molecule has 1 aliphatic rings. The van der Waals surface area contributed by atoms with Crippen molar-refractivity contribution in [2.75, 3.05) is 27.4 Å². The number of fused-ring (bicyclic) bond motifs is 1. The molecule has 1 amide bonds.